The summed E-state index contributed by atoms with van der Waals surface area (Å²) < 4.78 is 6.48. The molecule has 0 spiro atoms. The summed E-state index contributed by atoms with van der Waals surface area (Å²) in [6.45, 7) is 7.61. The first-order valence-electron chi connectivity index (χ1n) is 11.0. The fraction of sp³-hybridized carbons (Fsp3) is 0.179. The Labute approximate surface area is 213 Å². The predicted octanol–water partition coefficient (Wildman–Crippen LogP) is 6.25. The predicted molar refractivity (Wildman–Crippen MR) is 142 cm³/mol. The van der Waals surface area contributed by atoms with Crippen LogP contribution in [0.5, 0.6) is 5.75 Å². The van der Waals surface area contributed by atoms with E-state index >= 15 is 0 Å². The number of nitrogens with one attached hydrogen (secondary N) is 2. The zero-order valence-corrected chi connectivity index (χ0v) is 21.6. The minimum absolute atomic E-state index is 0.0903. The van der Waals surface area contributed by atoms with E-state index in [-0.39, 0.29) is 18.1 Å². The monoisotopic (exact) mass is 531 g/mol. The molecule has 6 nitrogen and oxygen atoms in total. The third-order valence-electron chi connectivity index (χ3n) is 5.42. The number of anilines is 2. The number of benzene rings is 3. The van der Waals surface area contributed by atoms with Crippen LogP contribution in [0.4, 0.5) is 11.4 Å². The normalized spacial score (nSPS) is 10.9. The molecular weight excluding hydrogens is 506 g/mol. The zero-order valence-electron chi connectivity index (χ0n) is 20.0. The smallest absolute Gasteiger partial charge is 0.266 e. The highest BCUT2D eigenvalue weighted by molar-refractivity contribution is 9.10. The van der Waals surface area contributed by atoms with Gasteiger partial charge in [0.1, 0.15) is 17.4 Å². The molecule has 0 saturated heterocycles. The van der Waals surface area contributed by atoms with Gasteiger partial charge < -0.3 is 15.4 Å². The fourth-order valence-electron chi connectivity index (χ4n) is 3.37. The summed E-state index contributed by atoms with van der Waals surface area (Å²) in [6.07, 6.45) is 1.44. The van der Waals surface area contributed by atoms with Gasteiger partial charge in [-0.25, -0.2) is 0 Å². The van der Waals surface area contributed by atoms with E-state index in [1.165, 1.54) is 6.08 Å². The van der Waals surface area contributed by atoms with Crippen LogP contribution >= 0.6 is 15.9 Å². The van der Waals surface area contributed by atoms with Gasteiger partial charge in [0.05, 0.1) is 0 Å². The first kappa shape index (κ1) is 25.7. The van der Waals surface area contributed by atoms with Crippen molar-refractivity contribution in [3.05, 3.63) is 92.5 Å². The molecule has 0 heterocycles. The molecule has 0 aliphatic rings. The van der Waals surface area contributed by atoms with E-state index in [9.17, 15) is 14.9 Å². The Morgan fingerprint density at radius 1 is 0.943 bits per heavy atom. The summed E-state index contributed by atoms with van der Waals surface area (Å²) >= 11 is 3.40. The van der Waals surface area contributed by atoms with Crippen LogP contribution in [0, 0.1) is 39.0 Å². The van der Waals surface area contributed by atoms with Crippen molar-refractivity contribution in [1.82, 2.24) is 0 Å². The first-order valence-corrected chi connectivity index (χ1v) is 11.8. The van der Waals surface area contributed by atoms with Gasteiger partial charge in [-0.05, 0) is 86.9 Å². The Morgan fingerprint density at radius 3 is 2.40 bits per heavy atom. The van der Waals surface area contributed by atoms with Crippen molar-refractivity contribution < 1.29 is 14.3 Å². The van der Waals surface area contributed by atoms with Gasteiger partial charge in [-0.15, -0.1) is 0 Å². The third-order valence-corrected chi connectivity index (χ3v) is 5.91. The summed E-state index contributed by atoms with van der Waals surface area (Å²) in [5, 5.41) is 15.2. The average molecular weight is 532 g/mol. The summed E-state index contributed by atoms with van der Waals surface area (Å²) in [6, 6.07) is 18.4. The minimum atomic E-state index is -0.530. The number of nitrogens with zero attached hydrogens (tertiary/aromatic N) is 1. The lowest BCUT2D eigenvalue weighted by molar-refractivity contribution is -0.118. The van der Waals surface area contributed by atoms with E-state index < -0.39 is 5.91 Å². The summed E-state index contributed by atoms with van der Waals surface area (Å²) in [7, 11) is 0. The molecule has 2 N–H and O–H groups in total. The van der Waals surface area contributed by atoms with Crippen LogP contribution in [-0.4, -0.2) is 18.4 Å². The van der Waals surface area contributed by atoms with E-state index in [0.29, 0.717) is 22.7 Å². The van der Waals surface area contributed by atoms with Crippen molar-refractivity contribution in [3.63, 3.8) is 0 Å². The van der Waals surface area contributed by atoms with Crippen LogP contribution in [-0.2, 0) is 9.59 Å². The molecule has 0 saturated carbocycles. The highest BCUT2D eigenvalue weighted by Crippen LogP contribution is 2.26. The van der Waals surface area contributed by atoms with E-state index in [1.807, 2.05) is 64.1 Å². The Hall–Kier alpha value is -3.89. The molecule has 178 valence electrons. The molecule has 0 aliphatic carbocycles. The Morgan fingerprint density at radius 2 is 1.71 bits per heavy atom. The number of ether oxygens (including phenoxy) is 1. The van der Waals surface area contributed by atoms with Gasteiger partial charge in [0.2, 0.25) is 0 Å². The van der Waals surface area contributed by atoms with Crippen LogP contribution in [0.1, 0.15) is 27.8 Å². The molecule has 0 aromatic heterocycles. The largest absolute Gasteiger partial charge is 0.483 e. The van der Waals surface area contributed by atoms with Crippen LogP contribution in [0.2, 0.25) is 0 Å². The standard InChI is InChI=1S/C28H26BrN3O3/c1-17-5-9-25(20(4)11-17)32-28(34)22(15-30)13-21-14-23(29)7-10-26(21)35-16-27(33)31-24-8-6-18(2)19(3)12-24/h5-14H,16H2,1-4H3,(H,31,33)(H,32,34)/b22-13+. The van der Waals surface area contributed by atoms with Gasteiger partial charge in [0, 0.05) is 21.4 Å². The molecular formula is C28H26BrN3O3. The van der Waals surface area contributed by atoms with Gasteiger partial charge in [-0.2, -0.15) is 5.26 Å². The van der Waals surface area contributed by atoms with Crippen molar-refractivity contribution in [3.8, 4) is 11.8 Å². The van der Waals surface area contributed by atoms with Gasteiger partial charge in [0.25, 0.3) is 11.8 Å². The number of carbonyl (C=O) groups excluding carboxylic acids is 2. The fourth-order valence-corrected chi connectivity index (χ4v) is 3.75. The highest BCUT2D eigenvalue weighted by Gasteiger charge is 2.14. The molecule has 0 bridgehead atoms. The average Bonchev–Trinajstić information content (AvgIpc) is 2.81. The van der Waals surface area contributed by atoms with Gasteiger partial charge in [-0.3, -0.25) is 9.59 Å². The maximum atomic E-state index is 12.8. The first-order chi connectivity index (χ1) is 16.7. The van der Waals surface area contributed by atoms with Gasteiger partial charge >= 0.3 is 0 Å². The number of aryl methyl sites for hydroxylation is 4. The Bertz CT molecular complexity index is 1360. The molecule has 3 aromatic carbocycles. The van der Waals surface area contributed by atoms with Crippen LogP contribution in [0.3, 0.4) is 0 Å². The molecule has 7 heteroatoms. The van der Waals surface area contributed by atoms with Crippen molar-refractivity contribution >= 4 is 45.2 Å². The van der Waals surface area contributed by atoms with E-state index in [0.717, 1.165) is 26.7 Å². The maximum absolute atomic E-state index is 12.8. The number of hydrogen-bond acceptors (Lipinski definition) is 4. The Balaban J connectivity index is 1.75. The second kappa shape index (κ2) is 11.5. The minimum Gasteiger partial charge on any atom is -0.483 e. The molecule has 0 fully saturated rings. The zero-order chi connectivity index (χ0) is 25.5. The van der Waals surface area contributed by atoms with Crippen molar-refractivity contribution in [1.29, 1.82) is 5.26 Å². The van der Waals surface area contributed by atoms with Crippen LogP contribution < -0.4 is 15.4 Å². The molecule has 0 radical (unpaired) electrons. The molecule has 3 aromatic rings. The van der Waals surface area contributed by atoms with Crippen molar-refractivity contribution in [2.45, 2.75) is 27.7 Å². The number of halogens is 1. The molecule has 0 atom stereocenters. The second-order valence-electron chi connectivity index (χ2n) is 8.26. The van der Waals surface area contributed by atoms with E-state index in [1.54, 1.807) is 24.3 Å². The lowest BCUT2D eigenvalue weighted by Gasteiger charge is -2.12. The third kappa shape index (κ3) is 7.05. The number of carbonyl (C=O) groups is 2. The van der Waals surface area contributed by atoms with Crippen molar-refractivity contribution in [2.24, 2.45) is 0 Å². The molecule has 2 amide bonds. The number of rotatable bonds is 7. The summed E-state index contributed by atoms with van der Waals surface area (Å²) in [5.74, 6) is -0.479. The number of hydrogen-bond donors (Lipinski definition) is 2. The lowest BCUT2D eigenvalue weighted by Crippen LogP contribution is -2.20. The molecule has 3 rings (SSSR count). The Kier molecular flexibility index (Phi) is 8.45. The summed E-state index contributed by atoms with van der Waals surface area (Å²) in [5.41, 5.74) is 5.92. The lowest BCUT2D eigenvalue weighted by atomic mass is 10.1. The SMILES string of the molecule is Cc1ccc(NC(=O)/C(C#N)=C/c2cc(Br)ccc2OCC(=O)Nc2ccc(C)c(C)c2)c(C)c1. The quantitative estimate of drug-likeness (QED) is 0.278. The number of nitriles is 1. The highest BCUT2D eigenvalue weighted by atomic mass is 79.9. The second-order valence-corrected chi connectivity index (χ2v) is 9.18. The maximum Gasteiger partial charge on any atom is 0.266 e. The van der Waals surface area contributed by atoms with Crippen LogP contribution in [0.25, 0.3) is 6.08 Å². The number of amides is 2. The molecule has 35 heavy (non-hydrogen) atoms. The van der Waals surface area contributed by atoms with Gasteiger partial charge in [-0.1, -0.05) is 39.7 Å². The van der Waals surface area contributed by atoms with Crippen molar-refractivity contribution in [2.75, 3.05) is 17.2 Å². The summed E-state index contributed by atoms with van der Waals surface area (Å²) in [4.78, 5) is 25.2. The van der Waals surface area contributed by atoms with Gasteiger partial charge in [0.15, 0.2) is 6.61 Å². The molecule has 0 unspecified atom stereocenters. The van der Waals surface area contributed by atoms with E-state index in [4.69, 9.17) is 4.74 Å². The molecule has 0 aliphatic heterocycles. The van der Waals surface area contributed by atoms with E-state index in [2.05, 4.69) is 26.6 Å². The topological polar surface area (TPSA) is 91.2 Å². The van der Waals surface area contributed by atoms with Crippen LogP contribution in [0.15, 0.2) is 64.6 Å².